The number of anilines is 1. The van der Waals surface area contributed by atoms with E-state index >= 15 is 0 Å². The number of carbonyl (C=O) groups excluding carboxylic acids is 1. The lowest BCUT2D eigenvalue weighted by molar-refractivity contribution is -0.115. The van der Waals surface area contributed by atoms with Gasteiger partial charge in [0.05, 0.1) is 10.8 Å². The Morgan fingerprint density at radius 1 is 1.04 bits per heavy atom. The molecular weight excluding hydrogens is 388 g/mol. The van der Waals surface area contributed by atoms with Crippen molar-refractivity contribution in [3.8, 4) is 0 Å². The summed E-state index contributed by atoms with van der Waals surface area (Å²) in [5, 5.41) is 4.07. The van der Waals surface area contributed by atoms with Crippen LogP contribution in [0.5, 0.6) is 0 Å². The molecule has 1 heterocycles. The van der Waals surface area contributed by atoms with E-state index in [0.29, 0.717) is 28.2 Å². The third-order valence-electron chi connectivity index (χ3n) is 3.68. The Balaban J connectivity index is 1.69. The minimum Gasteiger partial charge on any atom is -0.325 e. The summed E-state index contributed by atoms with van der Waals surface area (Å²) in [7, 11) is 0. The lowest BCUT2D eigenvalue weighted by atomic mass is 10.2. The Labute approximate surface area is 164 Å². The largest absolute Gasteiger partial charge is 0.325 e. The van der Waals surface area contributed by atoms with Crippen LogP contribution < -0.4 is 5.32 Å². The predicted octanol–water partition coefficient (Wildman–Crippen LogP) is 5.37. The minimum absolute atomic E-state index is 0.186. The van der Waals surface area contributed by atoms with Gasteiger partial charge >= 0.3 is 0 Å². The second-order valence-electron chi connectivity index (χ2n) is 5.75. The second kappa shape index (κ2) is 8.67. The molecule has 0 saturated heterocycles. The summed E-state index contributed by atoms with van der Waals surface area (Å²) < 4.78 is 24.7. The number of carbonyl (C=O) groups is 1. The van der Waals surface area contributed by atoms with Crippen molar-refractivity contribution in [3.05, 3.63) is 54.4 Å². The molecule has 0 aliphatic carbocycles. The van der Waals surface area contributed by atoms with Gasteiger partial charge in [0.15, 0.2) is 0 Å². The van der Waals surface area contributed by atoms with Gasteiger partial charge in [-0.2, -0.15) is 8.78 Å². The van der Waals surface area contributed by atoms with Crippen LogP contribution in [-0.2, 0) is 4.79 Å². The van der Waals surface area contributed by atoms with Crippen molar-refractivity contribution in [2.75, 3.05) is 5.32 Å². The fraction of sp³-hybridized carbons (Fsp3) is 0.211. The summed E-state index contributed by atoms with van der Waals surface area (Å²) in [4.78, 5) is 21.8. The lowest BCUT2D eigenvalue weighted by Crippen LogP contribution is -2.22. The first-order valence-electron chi connectivity index (χ1n) is 8.18. The molecule has 1 atom stereocenters. The monoisotopic (exact) mass is 405 g/mol. The number of rotatable bonds is 6. The number of hydrogen-bond donors (Lipinski definition) is 1. The molecule has 8 heteroatoms. The number of aromatic nitrogens is 2. The quantitative estimate of drug-likeness (QED) is 0.441. The van der Waals surface area contributed by atoms with E-state index in [9.17, 15) is 13.6 Å². The van der Waals surface area contributed by atoms with E-state index in [4.69, 9.17) is 0 Å². The molecule has 0 saturated carbocycles. The molecule has 1 N–H and O–H groups in total. The van der Waals surface area contributed by atoms with Crippen molar-refractivity contribution < 1.29 is 13.6 Å². The molecule has 0 bridgehead atoms. The molecule has 1 amide bonds. The number of halogens is 2. The van der Waals surface area contributed by atoms with Crippen LogP contribution in [0.1, 0.15) is 12.7 Å². The SMILES string of the molecule is Cc1nc(S[C@@H](C)C(=O)Nc2ccc(SC(F)F)cc2)c2ccccc2n1. The van der Waals surface area contributed by atoms with E-state index in [0.717, 1.165) is 15.9 Å². The van der Waals surface area contributed by atoms with E-state index < -0.39 is 11.0 Å². The van der Waals surface area contributed by atoms with E-state index in [2.05, 4.69) is 15.3 Å². The van der Waals surface area contributed by atoms with Gasteiger partial charge in [-0.15, -0.1) is 0 Å². The summed E-state index contributed by atoms with van der Waals surface area (Å²) in [6.07, 6.45) is 0. The van der Waals surface area contributed by atoms with Crippen LogP contribution in [0.4, 0.5) is 14.5 Å². The Morgan fingerprint density at radius 3 is 2.44 bits per heavy atom. The van der Waals surface area contributed by atoms with Crippen LogP contribution in [0.2, 0.25) is 0 Å². The zero-order chi connectivity index (χ0) is 19.4. The highest BCUT2D eigenvalue weighted by atomic mass is 32.2. The number of alkyl halides is 2. The number of aryl methyl sites for hydroxylation is 1. The number of para-hydroxylation sites is 1. The first kappa shape index (κ1) is 19.6. The zero-order valence-corrected chi connectivity index (χ0v) is 16.3. The molecule has 0 aliphatic rings. The van der Waals surface area contributed by atoms with Crippen LogP contribution in [0.3, 0.4) is 0 Å². The van der Waals surface area contributed by atoms with Crippen LogP contribution in [0, 0.1) is 6.92 Å². The standard InChI is InChI=1S/C19H17F2N3OS2/c1-11(17(25)24-13-7-9-14(10-8-13)27-19(20)21)26-18-15-5-3-4-6-16(15)22-12(2)23-18/h3-11,19H,1-2H3,(H,24,25)/t11-/m0/s1. The summed E-state index contributed by atoms with van der Waals surface area (Å²) in [5.41, 5.74) is 1.40. The van der Waals surface area contributed by atoms with Gasteiger partial charge in [0.1, 0.15) is 10.9 Å². The Hall–Kier alpha value is -2.19. The molecule has 27 heavy (non-hydrogen) atoms. The predicted molar refractivity (Wildman–Crippen MR) is 107 cm³/mol. The van der Waals surface area contributed by atoms with E-state index in [1.54, 1.807) is 31.2 Å². The van der Waals surface area contributed by atoms with Crippen molar-refractivity contribution in [1.29, 1.82) is 0 Å². The molecule has 2 aromatic carbocycles. The molecule has 3 aromatic rings. The van der Waals surface area contributed by atoms with Gasteiger partial charge in [0, 0.05) is 16.0 Å². The fourth-order valence-corrected chi connectivity index (χ4v) is 3.92. The smallest absolute Gasteiger partial charge is 0.288 e. The number of thioether (sulfide) groups is 2. The molecule has 1 aromatic heterocycles. The summed E-state index contributed by atoms with van der Waals surface area (Å²) in [6.45, 7) is 3.62. The number of fused-ring (bicyclic) bond motifs is 1. The number of nitrogens with one attached hydrogen (secondary N) is 1. The van der Waals surface area contributed by atoms with Crippen LogP contribution in [-0.4, -0.2) is 26.9 Å². The van der Waals surface area contributed by atoms with Crippen molar-refractivity contribution >= 4 is 46.0 Å². The molecule has 0 radical (unpaired) electrons. The van der Waals surface area contributed by atoms with Crippen molar-refractivity contribution in [3.63, 3.8) is 0 Å². The van der Waals surface area contributed by atoms with Crippen molar-refractivity contribution in [2.45, 2.75) is 34.8 Å². The van der Waals surface area contributed by atoms with E-state index in [1.807, 2.05) is 31.2 Å². The van der Waals surface area contributed by atoms with Gasteiger partial charge in [-0.3, -0.25) is 4.79 Å². The lowest BCUT2D eigenvalue weighted by Gasteiger charge is -2.13. The van der Waals surface area contributed by atoms with Crippen molar-refractivity contribution in [2.24, 2.45) is 0 Å². The molecule has 0 aliphatic heterocycles. The highest BCUT2D eigenvalue weighted by Gasteiger charge is 2.18. The number of nitrogens with zero attached hydrogens (tertiary/aromatic N) is 2. The first-order valence-corrected chi connectivity index (χ1v) is 9.94. The maximum absolute atomic E-state index is 12.5. The number of hydrogen-bond acceptors (Lipinski definition) is 5. The highest BCUT2D eigenvalue weighted by Crippen LogP contribution is 2.30. The fourth-order valence-electron chi connectivity index (χ4n) is 2.43. The van der Waals surface area contributed by atoms with E-state index in [1.165, 1.54) is 11.8 Å². The molecule has 0 fully saturated rings. The van der Waals surface area contributed by atoms with E-state index in [-0.39, 0.29) is 5.91 Å². The third kappa shape index (κ3) is 5.17. The van der Waals surface area contributed by atoms with Gasteiger partial charge in [-0.05, 0) is 44.2 Å². The Morgan fingerprint density at radius 2 is 1.74 bits per heavy atom. The molecular formula is C19H17F2N3OS2. The van der Waals surface area contributed by atoms with Gasteiger partial charge in [-0.1, -0.05) is 41.7 Å². The minimum atomic E-state index is -2.46. The summed E-state index contributed by atoms with van der Waals surface area (Å²) >= 11 is 1.83. The average molecular weight is 405 g/mol. The Kier molecular flexibility index (Phi) is 6.28. The van der Waals surface area contributed by atoms with Gasteiger partial charge in [-0.25, -0.2) is 9.97 Å². The van der Waals surface area contributed by atoms with Gasteiger partial charge < -0.3 is 5.32 Å². The average Bonchev–Trinajstić information content (AvgIpc) is 2.62. The van der Waals surface area contributed by atoms with Crippen molar-refractivity contribution in [1.82, 2.24) is 9.97 Å². The second-order valence-corrected chi connectivity index (χ2v) is 8.14. The molecule has 3 rings (SSSR count). The Bertz CT molecular complexity index is 951. The molecule has 4 nitrogen and oxygen atoms in total. The number of amides is 1. The van der Waals surface area contributed by atoms with Gasteiger partial charge in [0.2, 0.25) is 5.91 Å². The summed E-state index contributed by atoms with van der Waals surface area (Å²) in [5.74, 6) is -2.00. The molecule has 0 spiro atoms. The first-order chi connectivity index (χ1) is 12.9. The normalized spacial score (nSPS) is 12.3. The van der Waals surface area contributed by atoms with Crippen LogP contribution in [0.25, 0.3) is 10.9 Å². The molecule has 0 unspecified atom stereocenters. The van der Waals surface area contributed by atoms with Gasteiger partial charge in [0.25, 0.3) is 5.76 Å². The van der Waals surface area contributed by atoms with Crippen LogP contribution in [0.15, 0.2) is 58.5 Å². The maximum Gasteiger partial charge on any atom is 0.288 e. The number of benzene rings is 2. The van der Waals surface area contributed by atoms with Crippen LogP contribution >= 0.6 is 23.5 Å². The topological polar surface area (TPSA) is 54.9 Å². The zero-order valence-electron chi connectivity index (χ0n) is 14.6. The third-order valence-corrected chi connectivity index (χ3v) is 5.51. The molecule has 140 valence electrons. The summed E-state index contributed by atoms with van der Waals surface area (Å²) in [6, 6.07) is 14.0. The maximum atomic E-state index is 12.5. The highest BCUT2D eigenvalue weighted by molar-refractivity contribution is 8.00.